The molecule has 1 amide bonds. The Morgan fingerprint density at radius 1 is 1.56 bits per heavy atom. The van der Waals surface area contributed by atoms with Crippen molar-refractivity contribution in [2.75, 3.05) is 46.5 Å². The highest BCUT2D eigenvalue weighted by Gasteiger charge is 2.20. The summed E-state index contributed by atoms with van der Waals surface area (Å²) in [5, 5.41) is 0. The van der Waals surface area contributed by atoms with Crippen molar-refractivity contribution in [2.45, 2.75) is 32.3 Å². The molecule has 0 aromatic rings. The zero-order chi connectivity index (χ0) is 13.4. The molecule has 4 nitrogen and oxygen atoms in total. The second kappa shape index (κ2) is 8.84. The van der Waals surface area contributed by atoms with Crippen LogP contribution in [0.1, 0.15) is 26.2 Å². The van der Waals surface area contributed by atoms with Crippen molar-refractivity contribution in [1.29, 1.82) is 0 Å². The number of nitrogens with zero attached hydrogens (tertiary/aromatic N) is 2. The summed E-state index contributed by atoms with van der Waals surface area (Å²) in [7, 11) is 2.25. The van der Waals surface area contributed by atoms with Gasteiger partial charge in [-0.2, -0.15) is 0 Å². The van der Waals surface area contributed by atoms with Crippen LogP contribution in [0.15, 0.2) is 0 Å². The third kappa shape index (κ3) is 5.64. The van der Waals surface area contributed by atoms with Crippen molar-refractivity contribution in [3.8, 4) is 0 Å². The Balaban J connectivity index is 2.23. The van der Waals surface area contributed by atoms with Crippen molar-refractivity contribution in [2.24, 2.45) is 0 Å². The van der Waals surface area contributed by atoms with Gasteiger partial charge in [0.15, 0.2) is 0 Å². The van der Waals surface area contributed by atoms with Crippen LogP contribution in [-0.4, -0.2) is 68.1 Å². The lowest BCUT2D eigenvalue weighted by Gasteiger charge is -2.33. The second-order valence-electron chi connectivity index (χ2n) is 4.91. The molecule has 2 unspecified atom stereocenters. The molecule has 5 heteroatoms. The molecule has 0 bridgehead atoms. The third-order valence-electron chi connectivity index (χ3n) is 3.40. The van der Waals surface area contributed by atoms with Crippen LogP contribution >= 0.6 is 8.58 Å². The van der Waals surface area contributed by atoms with Gasteiger partial charge in [-0.1, -0.05) is 13.3 Å². The maximum Gasteiger partial charge on any atom is 0.239 e. The van der Waals surface area contributed by atoms with Crippen molar-refractivity contribution in [1.82, 2.24) is 9.80 Å². The first-order valence-corrected chi connectivity index (χ1v) is 8.44. The monoisotopic (exact) mass is 274 g/mol. The van der Waals surface area contributed by atoms with Crippen molar-refractivity contribution < 1.29 is 9.53 Å². The van der Waals surface area contributed by atoms with E-state index in [1.165, 1.54) is 19.4 Å². The van der Waals surface area contributed by atoms with Crippen LogP contribution in [0, 0.1) is 0 Å². The predicted molar refractivity (Wildman–Crippen MR) is 78.0 cm³/mol. The van der Waals surface area contributed by atoms with E-state index < -0.39 is 0 Å². The van der Waals surface area contributed by atoms with Crippen LogP contribution in [0.5, 0.6) is 0 Å². The maximum atomic E-state index is 11.5. The lowest BCUT2D eigenvalue weighted by molar-refractivity contribution is -0.0338. The molecule has 1 heterocycles. The lowest BCUT2D eigenvalue weighted by Crippen LogP contribution is -2.44. The Labute approximate surface area is 113 Å². The summed E-state index contributed by atoms with van der Waals surface area (Å²) < 4.78 is 5.77. The molecule has 0 radical (unpaired) electrons. The lowest BCUT2D eigenvalue weighted by atomic mass is 10.2. The minimum atomic E-state index is 0.244. The summed E-state index contributed by atoms with van der Waals surface area (Å²) in [5.74, 6) is 0. The van der Waals surface area contributed by atoms with Crippen molar-refractivity contribution in [3.05, 3.63) is 0 Å². The number of ether oxygens (including phenoxy) is 1. The molecule has 1 rings (SSSR count). The molecule has 1 fully saturated rings. The van der Waals surface area contributed by atoms with Crippen LogP contribution in [-0.2, 0) is 4.74 Å². The summed E-state index contributed by atoms with van der Waals surface area (Å²) in [6, 6.07) is 0. The minimum Gasteiger partial charge on any atom is -0.375 e. The molecule has 0 aliphatic carbocycles. The quantitative estimate of drug-likeness (QED) is 0.667. The number of amides is 1. The molecule has 1 saturated heterocycles. The predicted octanol–water partition coefficient (Wildman–Crippen LogP) is 2.24. The van der Waals surface area contributed by atoms with Gasteiger partial charge in [0.1, 0.15) is 0 Å². The summed E-state index contributed by atoms with van der Waals surface area (Å²) in [6.45, 7) is 9.07. The topological polar surface area (TPSA) is 32.8 Å². The molecule has 0 N–H and O–H groups in total. The van der Waals surface area contributed by atoms with E-state index >= 15 is 0 Å². The Morgan fingerprint density at radius 3 is 3.00 bits per heavy atom. The van der Waals surface area contributed by atoms with E-state index in [9.17, 15) is 4.79 Å². The molecule has 1 aliphatic rings. The molecular weight excluding hydrogens is 247 g/mol. The second-order valence-corrected chi connectivity index (χ2v) is 5.84. The molecular formula is C13H27N2O2P. The molecule has 106 valence electrons. The molecule has 0 saturated carbocycles. The van der Waals surface area contributed by atoms with Gasteiger partial charge < -0.3 is 9.64 Å². The van der Waals surface area contributed by atoms with E-state index in [1.807, 2.05) is 18.6 Å². The van der Waals surface area contributed by atoms with Gasteiger partial charge in [0, 0.05) is 26.7 Å². The van der Waals surface area contributed by atoms with E-state index in [0.29, 0.717) is 14.7 Å². The highest BCUT2D eigenvalue weighted by atomic mass is 31.1. The first-order valence-electron chi connectivity index (χ1n) is 6.94. The van der Waals surface area contributed by atoms with Crippen LogP contribution in [0.25, 0.3) is 0 Å². The standard InChI is InChI=1S/C13H27N2O2P/c1-4-5-7-15-9-10-17-12(11-15)6-8-14(2)13(16)18-3/h12,18H,4-11H2,1-3H3. The zero-order valence-corrected chi connectivity index (χ0v) is 12.9. The van der Waals surface area contributed by atoms with Crippen molar-refractivity contribution >= 4 is 14.2 Å². The van der Waals surface area contributed by atoms with E-state index in [1.54, 1.807) is 0 Å². The summed E-state index contributed by atoms with van der Waals surface area (Å²) >= 11 is 0. The minimum absolute atomic E-state index is 0.244. The number of rotatable bonds is 7. The summed E-state index contributed by atoms with van der Waals surface area (Å²) in [5.41, 5.74) is 0.244. The number of carbonyl (C=O) groups is 1. The average Bonchev–Trinajstić information content (AvgIpc) is 2.42. The van der Waals surface area contributed by atoms with E-state index in [-0.39, 0.29) is 5.65 Å². The average molecular weight is 274 g/mol. The smallest absolute Gasteiger partial charge is 0.239 e. The van der Waals surface area contributed by atoms with Gasteiger partial charge in [-0.15, -0.1) is 0 Å². The number of carbonyl (C=O) groups excluding carboxylic acids is 1. The first kappa shape index (κ1) is 15.9. The summed E-state index contributed by atoms with van der Waals surface area (Å²) in [4.78, 5) is 15.8. The van der Waals surface area contributed by atoms with Crippen molar-refractivity contribution in [3.63, 3.8) is 0 Å². The Kier molecular flexibility index (Phi) is 7.80. The van der Waals surface area contributed by atoms with Crippen LogP contribution in [0.4, 0.5) is 4.79 Å². The largest absolute Gasteiger partial charge is 0.375 e. The molecule has 0 aromatic carbocycles. The Hall–Kier alpha value is -0.180. The fourth-order valence-corrected chi connectivity index (χ4v) is 2.66. The van der Waals surface area contributed by atoms with Gasteiger partial charge in [0.25, 0.3) is 0 Å². The number of unbranched alkanes of at least 4 members (excludes halogenated alkanes) is 1. The molecule has 1 aliphatic heterocycles. The van der Waals surface area contributed by atoms with Gasteiger partial charge in [0.05, 0.1) is 12.7 Å². The number of hydrogen-bond donors (Lipinski definition) is 0. The van der Waals surface area contributed by atoms with Gasteiger partial charge >= 0.3 is 0 Å². The molecule has 0 aromatic heterocycles. The van der Waals surface area contributed by atoms with Crippen LogP contribution in [0.2, 0.25) is 0 Å². The highest BCUT2D eigenvalue weighted by molar-refractivity contribution is 7.56. The van der Waals surface area contributed by atoms with Gasteiger partial charge in [-0.25, -0.2) is 0 Å². The van der Waals surface area contributed by atoms with Gasteiger partial charge in [0.2, 0.25) is 5.65 Å². The van der Waals surface area contributed by atoms with Gasteiger partial charge in [-0.05, 0) is 34.6 Å². The number of morpholine rings is 1. The summed E-state index contributed by atoms with van der Waals surface area (Å²) in [6.07, 6.45) is 3.76. The Bertz CT molecular complexity index is 251. The van der Waals surface area contributed by atoms with Gasteiger partial charge in [-0.3, -0.25) is 9.69 Å². The van der Waals surface area contributed by atoms with E-state index in [0.717, 1.165) is 32.7 Å². The zero-order valence-electron chi connectivity index (χ0n) is 11.9. The SMILES string of the molecule is CCCCN1CCOC(CCN(C)C(=O)PC)C1. The fourth-order valence-electron chi connectivity index (χ4n) is 2.17. The van der Waals surface area contributed by atoms with E-state index in [2.05, 4.69) is 11.8 Å². The molecule has 2 atom stereocenters. The Morgan fingerprint density at radius 2 is 2.33 bits per heavy atom. The maximum absolute atomic E-state index is 11.5. The van der Waals surface area contributed by atoms with Crippen LogP contribution < -0.4 is 0 Å². The third-order valence-corrected chi connectivity index (χ3v) is 4.21. The van der Waals surface area contributed by atoms with Crippen LogP contribution in [0.3, 0.4) is 0 Å². The molecule has 18 heavy (non-hydrogen) atoms. The first-order chi connectivity index (χ1) is 8.67. The van der Waals surface area contributed by atoms with E-state index in [4.69, 9.17) is 4.74 Å². The number of hydrogen-bond acceptors (Lipinski definition) is 3. The highest BCUT2D eigenvalue weighted by Crippen LogP contribution is 2.13. The normalized spacial score (nSPS) is 21.6. The molecule has 0 spiro atoms. The fraction of sp³-hybridized carbons (Fsp3) is 0.923.